The van der Waals surface area contributed by atoms with Crippen molar-refractivity contribution in [1.82, 2.24) is 5.32 Å². The van der Waals surface area contributed by atoms with Crippen LogP contribution in [0, 0.1) is 0 Å². The van der Waals surface area contributed by atoms with E-state index in [-0.39, 0.29) is 17.2 Å². The predicted molar refractivity (Wildman–Crippen MR) is 63.9 cm³/mol. The van der Waals surface area contributed by atoms with Crippen LogP contribution in [0.15, 0.2) is 17.5 Å². The first-order chi connectivity index (χ1) is 6.65. The minimum atomic E-state index is 0.0254. The number of hydrogen-bond donors (Lipinski definition) is 1. The van der Waals surface area contributed by atoms with Gasteiger partial charge in [-0.25, -0.2) is 0 Å². The third-order valence-electron chi connectivity index (χ3n) is 2.05. The molecule has 0 aliphatic heterocycles. The molecule has 78 valence electrons. The van der Waals surface area contributed by atoms with Crippen LogP contribution in [-0.4, -0.2) is 17.4 Å². The summed E-state index contributed by atoms with van der Waals surface area (Å²) in [7, 11) is 0. The molecule has 0 saturated carbocycles. The summed E-state index contributed by atoms with van der Waals surface area (Å²) in [6.07, 6.45) is 1.94. The smallest absolute Gasteiger partial charge is 0.233 e. The second-order valence-electron chi connectivity index (χ2n) is 3.12. The van der Waals surface area contributed by atoms with E-state index in [4.69, 9.17) is 0 Å². The van der Waals surface area contributed by atoms with Crippen LogP contribution >= 0.6 is 23.1 Å². The van der Waals surface area contributed by atoms with Crippen molar-refractivity contribution in [2.24, 2.45) is 0 Å². The van der Waals surface area contributed by atoms with Gasteiger partial charge < -0.3 is 5.32 Å². The van der Waals surface area contributed by atoms with Crippen molar-refractivity contribution in [2.45, 2.75) is 25.1 Å². The summed E-state index contributed by atoms with van der Waals surface area (Å²) in [4.78, 5) is 12.8. The molecule has 0 spiro atoms. The first kappa shape index (κ1) is 11.6. The third kappa shape index (κ3) is 3.03. The Balaban J connectivity index is 2.49. The van der Waals surface area contributed by atoms with Crippen molar-refractivity contribution in [3.05, 3.63) is 22.4 Å². The van der Waals surface area contributed by atoms with Gasteiger partial charge in [-0.05, 0) is 31.5 Å². The fraction of sp³-hybridized carbons (Fsp3) is 0.500. The minimum Gasteiger partial charge on any atom is -0.348 e. The van der Waals surface area contributed by atoms with Crippen LogP contribution < -0.4 is 5.32 Å². The van der Waals surface area contributed by atoms with Crippen LogP contribution in [0.3, 0.4) is 0 Å². The molecule has 0 radical (unpaired) electrons. The highest BCUT2D eigenvalue weighted by Gasteiger charge is 2.15. The van der Waals surface area contributed by atoms with Gasteiger partial charge in [0.2, 0.25) is 5.91 Å². The van der Waals surface area contributed by atoms with Gasteiger partial charge in [0.15, 0.2) is 0 Å². The van der Waals surface area contributed by atoms with E-state index >= 15 is 0 Å². The first-order valence-corrected chi connectivity index (χ1v) is 6.68. The maximum absolute atomic E-state index is 11.6. The van der Waals surface area contributed by atoms with E-state index in [1.54, 1.807) is 23.1 Å². The van der Waals surface area contributed by atoms with Crippen molar-refractivity contribution in [3.8, 4) is 0 Å². The lowest BCUT2D eigenvalue weighted by Crippen LogP contribution is -2.32. The molecule has 0 fully saturated rings. The zero-order chi connectivity index (χ0) is 10.6. The highest BCUT2D eigenvalue weighted by Crippen LogP contribution is 2.18. The summed E-state index contributed by atoms with van der Waals surface area (Å²) in [5.41, 5.74) is 0. The molecule has 0 saturated heterocycles. The second kappa shape index (κ2) is 5.41. The van der Waals surface area contributed by atoms with E-state index in [2.05, 4.69) is 5.32 Å². The van der Waals surface area contributed by atoms with Crippen molar-refractivity contribution < 1.29 is 4.79 Å². The lowest BCUT2D eigenvalue weighted by molar-refractivity contribution is -0.120. The normalized spacial score (nSPS) is 14.8. The van der Waals surface area contributed by atoms with Crippen molar-refractivity contribution in [3.63, 3.8) is 0 Å². The fourth-order valence-corrected chi connectivity index (χ4v) is 2.06. The predicted octanol–water partition coefficient (Wildman–Crippen LogP) is 2.68. The molecule has 0 aliphatic carbocycles. The molecule has 1 N–H and O–H groups in total. The van der Waals surface area contributed by atoms with Crippen LogP contribution in [0.25, 0.3) is 0 Å². The van der Waals surface area contributed by atoms with Crippen LogP contribution in [0.2, 0.25) is 0 Å². The number of nitrogens with one attached hydrogen (secondary N) is 1. The van der Waals surface area contributed by atoms with Gasteiger partial charge in [-0.1, -0.05) is 6.07 Å². The zero-order valence-electron chi connectivity index (χ0n) is 8.61. The number of thioether (sulfide) groups is 1. The lowest BCUT2D eigenvalue weighted by atomic mass is 10.2. The van der Waals surface area contributed by atoms with Gasteiger partial charge in [0.05, 0.1) is 11.3 Å². The van der Waals surface area contributed by atoms with Crippen molar-refractivity contribution in [1.29, 1.82) is 0 Å². The molecular weight excluding hydrogens is 214 g/mol. The van der Waals surface area contributed by atoms with Gasteiger partial charge in [-0.3, -0.25) is 4.79 Å². The summed E-state index contributed by atoms with van der Waals surface area (Å²) in [5.74, 6) is 0.110. The zero-order valence-corrected chi connectivity index (χ0v) is 10.2. The van der Waals surface area contributed by atoms with E-state index in [0.717, 1.165) is 0 Å². The molecule has 1 aromatic heterocycles. The molecule has 1 aromatic rings. The molecule has 2 nitrogen and oxygen atoms in total. The van der Waals surface area contributed by atoms with E-state index in [9.17, 15) is 4.79 Å². The molecule has 4 heteroatoms. The SMILES string of the molecule is CS[C@H](C)C(=O)N[C@@H](C)c1cccs1. The molecule has 0 bridgehead atoms. The highest BCUT2D eigenvalue weighted by molar-refractivity contribution is 7.99. The average Bonchev–Trinajstić information content (AvgIpc) is 2.69. The van der Waals surface area contributed by atoms with Gasteiger partial charge in [-0.15, -0.1) is 11.3 Å². The number of rotatable bonds is 4. The molecule has 1 rings (SSSR count). The number of thiophene rings is 1. The summed E-state index contributed by atoms with van der Waals surface area (Å²) in [6.45, 7) is 3.93. The number of carbonyl (C=O) groups excluding carboxylic acids is 1. The highest BCUT2D eigenvalue weighted by atomic mass is 32.2. The van der Waals surface area contributed by atoms with E-state index < -0.39 is 0 Å². The van der Waals surface area contributed by atoms with Gasteiger partial charge in [0.1, 0.15) is 0 Å². The standard InChI is InChI=1S/C10H15NOS2/c1-7(9-5-4-6-14-9)11-10(12)8(2)13-3/h4-8H,1-3H3,(H,11,12)/t7-,8+/m0/s1. The molecular formula is C10H15NOS2. The monoisotopic (exact) mass is 229 g/mol. The van der Waals surface area contributed by atoms with Gasteiger partial charge >= 0.3 is 0 Å². The van der Waals surface area contributed by atoms with Crippen LogP contribution in [0.5, 0.6) is 0 Å². The Bertz CT molecular complexity index is 284. The maximum Gasteiger partial charge on any atom is 0.233 e. The van der Waals surface area contributed by atoms with Crippen LogP contribution in [0.1, 0.15) is 24.8 Å². The molecule has 0 aromatic carbocycles. The molecule has 0 aliphatic rings. The van der Waals surface area contributed by atoms with Gasteiger partial charge in [-0.2, -0.15) is 11.8 Å². The molecule has 1 heterocycles. The first-order valence-electron chi connectivity index (χ1n) is 4.51. The third-order valence-corrected chi connectivity index (χ3v) is 4.03. The Morgan fingerprint density at radius 1 is 1.57 bits per heavy atom. The Kier molecular flexibility index (Phi) is 4.48. The Hall–Kier alpha value is -0.480. The second-order valence-corrected chi connectivity index (χ2v) is 5.28. The van der Waals surface area contributed by atoms with Gasteiger partial charge in [0.25, 0.3) is 0 Å². The topological polar surface area (TPSA) is 29.1 Å². The van der Waals surface area contributed by atoms with Gasteiger partial charge in [0, 0.05) is 4.88 Å². The minimum absolute atomic E-state index is 0.0254. The Morgan fingerprint density at radius 3 is 2.79 bits per heavy atom. The summed E-state index contributed by atoms with van der Waals surface area (Å²) in [5, 5.41) is 5.03. The largest absolute Gasteiger partial charge is 0.348 e. The van der Waals surface area contributed by atoms with Crippen molar-refractivity contribution in [2.75, 3.05) is 6.26 Å². The van der Waals surface area contributed by atoms with E-state index in [1.807, 2.05) is 37.6 Å². The number of amides is 1. The molecule has 14 heavy (non-hydrogen) atoms. The Labute approximate surface area is 93.1 Å². The maximum atomic E-state index is 11.6. The molecule has 2 atom stereocenters. The van der Waals surface area contributed by atoms with Crippen LogP contribution in [-0.2, 0) is 4.79 Å². The van der Waals surface area contributed by atoms with E-state index in [1.165, 1.54) is 4.88 Å². The van der Waals surface area contributed by atoms with Crippen molar-refractivity contribution >= 4 is 29.0 Å². The summed E-state index contributed by atoms with van der Waals surface area (Å²) >= 11 is 3.23. The van der Waals surface area contributed by atoms with E-state index in [0.29, 0.717) is 0 Å². The molecule has 0 unspecified atom stereocenters. The lowest BCUT2D eigenvalue weighted by Gasteiger charge is -2.14. The molecule has 1 amide bonds. The summed E-state index contributed by atoms with van der Waals surface area (Å²) < 4.78 is 0. The fourth-order valence-electron chi connectivity index (χ4n) is 1.05. The quantitative estimate of drug-likeness (QED) is 0.860. The Morgan fingerprint density at radius 2 is 2.29 bits per heavy atom. The number of carbonyl (C=O) groups is 1. The number of hydrogen-bond acceptors (Lipinski definition) is 3. The average molecular weight is 229 g/mol. The summed E-state index contributed by atoms with van der Waals surface area (Å²) in [6, 6.07) is 4.16. The van der Waals surface area contributed by atoms with Crippen LogP contribution in [0.4, 0.5) is 0 Å².